The van der Waals surface area contributed by atoms with Crippen LogP contribution >= 0.6 is 0 Å². The monoisotopic (exact) mass is 507 g/mol. The van der Waals surface area contributed by atoms with Gasteiger partial charge in [0.15, 0.2) is 0 Å². The molecule has 0 spiro atoms. The molecule has 2 aliphatic carbocycles. The van der Waals surface area contributed by atoms with Gasteiger partial charge in [0.05, 0.1) is 34.3 Å². The number of nitrogens with zero attached hydrogens (tertiary/aromatic N) is 4. The van der Waals surface area contributed by atoms with Gasteiger partial charge in [-0.05, 0) is 78.5 Å². The number of carbonyl (C=O) groups excluding carboxylic acids is 1. The van der Waals surface area contributed by atoms with E-state index in [1.165, 1.54) is 18.4 Å². The normalized spacial score (nSPS) is 27.7. The van der Waals surface area contributed by atoms with Gasteiger partial charge in [-0.2, -0.15) is 0 Å². The van der Waals surface area contributed by atoms with Crippen LogP contribution in [-0.4, -0.2) is 32.4 Å². The zero-order valence-corrected chi connectivity index (χ0v) is 21.6. The number of hydrogen-bond acceptors (Lipinski definition) is 4. The molecule has 7 heteroatoms. The highest BCUT2D eigenvalue weighted by Gasteiger charge is 2.46. The van der Waals surface area contributed by atoms with Gasteiger partial charge in [0.2, 0.25) is 0 Å². The van der Waals surface area contributed by atoms with E-state index in [0.29, 0.717) is 11.6 Å². The summed E-state index contributed by atoms with van der Waals surface area (Å²) in [6.07, 6.45) is 6.68. The predicted molar refractivity (Wildman–Crippen MR) is 143 cm³/mol. The standard InChI is InChI=1S/C31H30FN5O/c1-16-10-11-31(16,33)28-22(32)12-19(15-34-28)18-8-9-23-24(13-18)37-25-14-26(29(37)35-23)36(2)30(38)21-5-3-4-20(27(21)25)17-6-7-17/h3-5,8-9,12-13,15-17,25-26H,6-7,10-11,14,33H2,1-2H3/t16-,25-,26-,31-/m1/s1. The number of aromatic nitrogens is 3. The average molecular weight is 508 g/mol. The molecule has 1 amide bonds. The summed E-state index contributed by atoms with van der Waals surface area (Å²) >= 11 is 0. The van der Waals surface area contributed by atoms with Gasteiger partial charge < -0.3 is 15.2 Å². The van der Waals surface area contributed by atoms with Crippen LogP contribution in [0.25, 0.3) is 22.2 Å². The van der Waals surface area contributed by atoms with Crippen LogP contribution in [0.3, 0.4) is 0 Å². The van der Waals surface area contributed by atoms with Crippen molar-refractivity contribution in [1.82, 2.24) is 19.4 Å². The molecule has 2 aliphatic heterocycles. The molecule has 0 radical (unpaired) electrons. The van der Waals surface area contributed by atoms with Crippen molar-refractivity contribution in [3.8, 4) is 11.1 Å². The summed E-state index contributed by atoms with van der Waals surface area (Å²) < 4.78 is 17.6. The Morgan fingerprint density at radius 3 is 2.63 bits per heavy atom. The zero-order valence-electron chi connectivity index (χ0n) is 21.6. The van der Waals surface area contributed by atoms with Crippen molar-refractivity contribution >= 4 is 16.9 Å². The number of halogens is 1. The number of rotatable bonds is 3. The fraction of sp³-hybridized carbons (Fsp3) is 0.387. The maximum absolute atomic E-state index is 15.3. The van der Waals surface area contributed by atoms with E-state index in [9.17, 15) is 4.79 Å². The van der Waals surface area contributed by atoms with Crippen molar-refractivity contribution in [3.05, 3.63) is 82.7 Å². The molecule has 2 bridgehead atoms. The largest absolute Gasteiger partial charge is 0.331 e. The number of pyridine rings is 1. The molecule has 0 saturated heterocycles. The van der Waals surface area contributed by atoms with Crippen LogP contribution in [0.5, 0.6) is 0 Å². The molecule has 6 nitrogen and oxygen atoms in total. The van der Waals surface area contributed by atoms with Gasteiger partial charge in [0.25, 0.3) is 5.91 Å². The summed E-state index contributed by atoms with van der Waals surface area (Å²) in [5.41, 5.74) is 13.0. The Balaban J connectivity index is 1.28. The van der Waals surface area contributed by atoms with Crippen LogP contribution in [0.2, 0.25) is 0 Å². The lowest BCUT2D eigenvalue weighted by atomic mass is 9.66. The summed E-state index contributed by atoms with van der Waals surface area (Å²) in [5, 5.41) is 0. The summed E-state index contributed by atoms with van der Waals surface area (Å²) in [6.45, 7) is 2.06. The second kappa shape index (κ2) is 7.50. The van der Waals surface area contributed by atoms with Crippen molar-refractivity contribution in [2.75, 3.05) is 7.05 Å². The molecule has 2 N–H and O–H groups in total. The van der Waals surface area contributed by atoms with Crippen LogP contribution in [0.15, 0.2) is 48.7 Å². The molecule has 4 aromatic rings. The Hall–Kier alpha value is -3.58. The van der Waals surface area contributed by atoms with Crippen molar-refractivity contribution in [3.63, 3.8) is 0 Å². The highest BCUT2D eigenvalue weighted by Crippen LogP contribution is 2.52. The van der Waals surface area contributed by atoms with Crippen LogP contribution in [0.1, 0.15) is 90.0 Å². The first-order chi connectivity index (χ1) is 18.3. The third-order valence-corrected chi connectivity index (χ3v) is 9.77. The smallest absolute Gasteiger partial charge is 0.254 e. The minimum atomic E-state index is -0.676. The topological polar surface area (TPSA) is 77.0 Å². The van der Waals surface area contributed by atoms with E-state index < -0.39 is 5.54 Å². The van der Waals surface area contributed by atoms with E-state index in [2.05, 4.69) is 28.6 Å². The highest BCUT2D eigenvalue weighted by atomic mass is 19.1. The van der Waals surface area contributed by atoms with Crippen molar-refractivity contribution in [2.24, 2.45) is 11.7 Å². The van der Waals surface area contributed by atoms with Gasteiger partial charge in [-0.15, -0.1) is 0 Å². The Bertz CT molecular complexity index is 1670. The number of nitrogens with two attached hydrogens (primary N) is 1. The van der Waals surface area contributed by atoms with Crippen LogP contribution in [0, 0.1) is 11.7 Å². The molecule has 4 aliphatic rings. The van der Waals surface area contributed by atoms with E-state index in [4.69, 9.17) is 10.7 Å². The summed E-state index contributed by atoms with van der Waals surface area (Å²) in [5.74, 6) is 1.42. The molecular weight excluding hydrogens is 477 g/mol. The first kappa shape index (κ1) is 22.4. The fourth-order valence-electron chi connectivity index (χ4n) is 7.11. The van der Waals surface area contributed by atoms with Gasteiger partial charge >= 0.3 is 0 Å². The molecule has 38 heavy (non-hydrogen) atoms. The summed E-state index contributed by atoms with van der Waals surface area (Å²) in [7, 11) is 1.90. The maximum Gasteiger partial charge on any atom is 0.254 e. The van der Waals surface area contributed by atoms with Gasteiger partial charge in [-0.3, -0.25) is 9.78 Å². The summed E-state index contributed by atoms with van der Waals surface area (Å²) in [4.78, 5) is 24.9. The predicted octanol–water partition coefficient (Wildman–Crippen LogP) is 5.82. The van der Waals surface area contributed by atoms with Gasteiger partial charge in [-0.1, -0.05) is 25.1 Å². The molecule has 4 atom stereocenters. The molecule has 2 fully saturated rings. The van der Waals surface area contributed by atoms with E-state index >= 15 is 4.39 Å². The average Bonchev–Trinajstić information content (AvgIpc) is 3.64. The highest BCUT2D eigenvalue weighted by molar-refractivity contribution is 5.97. The lowest BCUT2D eigenvalue weighted by Gasteiger charge is -2.44. The fourth-order valence-corrected chi connectivity index (χ4v) is 7.11. The Labute approximate surface area is 220 Å². The van der Waals surface area contributed by atoms with Crippen molar-refractivity contribution < 1.29 is 9.18 Å². The minimum Gasteiger partial charge on any atom is -0.331 e. The third-order valence-electron chi connectivity index (χ3n) is 9.77. The number of fused-ring (bicyclic) bond motifs is 9. The molecule has 192 valence electrons. The van der Waals surface area contributed by atoms with E-state index in [1.807, 2.05) is 36.2 Å². The van der Waals surface area contributed by atoms with Gasteiger partial charge in [0.1, 0.15) is 11.6 Å². The Morgan fingerprint density at radius 1 is 1.08 bits per heavy atom. The minimum absolute atomic E-state index is 0.0467. The van der Waals surface area contributed by atoms with E-state index in [0.717, 1.165) is 58.4 Å². The van der Waals surface area contributed by atoms with E-state index in [-0.39, 0.29) is 29.7 Å². The van der Waals surface area contributed by atoms with Gasteiger partial charge in [0, 0.05) is 30.8 Å². The van der Waals surface area contributed by atoms with Crippen LogP contribution in [0.4, 0.5) is 4.39 Å². The van der Waals surface area contributed by atoms with Crippen LogP contribution < -0.4 is 5.73 Å². The summed E-state index contributed by atoms with van der Waals surface area (Å²) in [6, 6.07) is 13.8. The lowest BCUT2D eigenvalue weighted by Crippen LogP contribution is -2.51. The molecule has 2 saturated carbocycles. The molecule has 2 aromatic heterocycles. The quantitative estimate of drug-likeness (QED) is 0.379. The second-order valence-corrected chi connectivity index (χ2v) is 11.8. The Kier molecular flexibility index (Phi) is 4.42. The number of imidazole rings is 1. The van der Waals surface area contributed by atoms with Gasteiger partial charge in [-0.25, -0.2) is 9.37 Å². The number of benzene rings is 2. The molecule has 8 rings (SSSR count). The number of hydrogen-bond donors (Lipinski definition) is 1. The lowest BCUT2D eigenvalue weighted by molar-refractivity contribution is 0.0734. The zero-order chi connectivity index (χ0) is 25.9. The second-order valence-electron chi connectivity index (χ2n) is 11.8. The van der Waals surface area contributed by atoms with Crippen molar-refractivity contribution in [1.29, 1.82) is 0 Å². The molecule has 0 unspecified atom stereocenters. The maximum atomic E-state index is 15.3. The number of amides is 1. The first-order valence-electron chi connectivity index (χ1n) is 13.7. The third kappa shape index (κ3) is 2.88. The van der Waals surface area contributed by atoms with E-state index in [1.54, 1.807) is 12.3 Å². The molecular formula is C31H30FN5O. The molecule has 4 heterocycles. The number of carbonyl (C=O) groups is 1. The van der Waals surface area contributed by atoms with Crippen molar-refractivity contribution in [2.45, 2.75) is 62.6 Å². The van der Waals surface area contributed by atoms with Crippen LogP contribution in [-0.2, 0) is 5.54 Å². The SMILES string of the molecule is C[C@@H]1CC[C@]1(N)c1ncc(-c2ccc3nc4n(c3c2)[C@@H]2C[C@H]4N(C)C(=O)c3cccc(C4CC4)c32)cc1F. The Morgan fingerprint density at radius 2 is 1.92 bits per heavy atom. The first-order valence-corrected chi connectivity index (χ1v) is 13.7. The molecule has 2 aromatic carbocycles.